The number of hydrogen-bond donors (Lipinski definition) is 2. The van der Waals surface area contributed by atoms with Gasteiger partial charge < -0.3 is 14.8 Å². The molecule has 1 aromatic carbocycles. The Labute approximate surface area is 179 Å². The fraction of sp³-hybridized carbons (Fsp3) is 0.286. The largest absolute Gasteiger partial charge is 0.466 e. The first-order chi connectivity index (χ1) is 14.4. The number of furan rings is 1. The fourth-order valence-corrected chi connectivity index (χ4v) is 5.81. The molecule has 1 aliphatic rings. The number of sulfonamides is 1. The number of carbonyl (C=O) groups is 1. The van der Waals surface area contributed by atoms with Crippen LogP contribution in [0.5, 0.6) is 0 Å². The third kappa shape index (κ3) is 4.34. The molecule has 1 amide bonds. The van der Waals surface area contributed by atoms with E-state index in [4.69, 9.17) is 4.42 Å². The van der Waals surface area contributed by atoms with Crippen LogP contribution in [0, 0.1) is 0 Å². The van der Waals surface area contributed by atoms with Crippen molar-refractivity contribution >= 4 is 27.3 Å². The molecule has 7 nitrogen and oxygen atoms in total. The molecule has 3 heterocycles. The van der Waals surface area contributed by atoms with E-state index < -0.39 is 16.1 Å². The molecule has 0 saturated carbocycles. The lowest BCUT2D eigenvalue weighted by molar-refractivity contribution is 0.0951. The van der Waals surface area contributed by atoms with E-state index in [2.05, 4.69) is 5.32 Å². The lowest BCUT2D eigenvalue weighted by Crippen LogP contribution is -2.28. The Balaban J connectivity index is 1.36. The van der Waals surface area contributed by atoms with E-state index in [9.17, 15) is 18.3 Å². The van der Waals surface area contributed by atoms with Crippen molar-refractivity contribution in [3.8, 4) is 0 Å². The van der Waals surface area contributed by atoms with E-state index >= 15 is 0 Å². The summed E-state index contributed by atoms with van der Waals surface area (Å²) in [5.74, 6) is 0.179. The molecule has 2 N–H and O–H groups in total. The van der Waals surface area contributed by atoms with Crippen molar-refractivity contribution < 1.29 is 22.7 Å². The third-order valence-corrected chi connectivity index (χ3v) is 8.06. The van der Waals surface area contributed by atoms with Gasteiger partial charge in [-0.25, -0.2) is 8.42 Å². The second-order valence-electron chi connectivity index (χ2n) is 7.04. The number of benzene rings is 1. The summed E-state index contributed by atoms with van der Waals surface area (Å²) in [6.07, 6.45) is 2.43. The summed E-state index contributed by atoms with van der Waals surface area (Å²) in [7, 11) is -3.49. The Kier molecular flexibility index (Phi) is 6.05. The predicted octanol–water partition coefficient (Wildman–Crippen LogP) is 3.14. The highest BCUT2D eigenvalue weighted by molar-refractivity contribution is 7.89. The maximum atomic E-state index is 12.6. The van der Waals surface area contributed by atoms with E-state index in [0.717, 1.165) is 22.6 Å². The number of amides is 1. The highest BCUT2D eigenvalue weighted by atomic mass is 32.2. The Morgan fingerprint density at radius 2 is 1.87 bits per heavy atom. The van der Waals surface area contributed by atoms with Crippen LogP contribution in [-0.2, 0) is 16.6 Å². The van der Waals surface area contributed by atoms with Gasteiger partial charge in [0.05, 0.1) is 17.7 Å². The van der Waals surface area contributed by atoms with Gasteiger partial charge in [-0.05, 0) is 61.4 Å². The molecule has 1 atom stereocenters. The van der Waals surface area contributed by atoms with E-state index in [1.807, 2.05) is 6.07 Å². The summed E-state index contributed by atoms with van der Waals surface area (Å²) < 4.78 is 31.8. The van der Waals surface area contributed by atoms with Gasteiger partial charge in [0.2, 0.25) is 10.0 Å². The second-order valence-corrected chi connectivity index (χ2v) is 10.2. The van der Waals surface area contributed by atoms with E-state index in [1.54, 1.807) is 18.2 Å². The standard InChI is InChI=1S/C21H22N2O5S2/c24-20(18-4-3-13-28-18)19-10-7-16(29-19)14-22-21(25)15-5-8-17(9-6-15)30(26,27)23-11-1-2-12-23/h3-10,13,20,24H,1-2,11-12,14H2,(H,22,25). The molecule has 0 aliphatic carbocycles. The van der Waals surface area contributed by atoms with Crippen LogP contribution in [0.2, 0.25) is 0 Å². The Hall–Kier alpha value is -2.46. The number of nitrogens with zero attached hydrogens (tertiary/aromatic N) is 1. The topological polar surface area (TPSA) is 99.8 Å². The molecule has 1 unspecified atom stereocenters. The Morgan fingerprint density at radius 3 is 2.53 bits per heavy atom. The molecular formula is C21H22N2O5S2. The normalized spacial score (nSPS) is 15.9. The summed E-state index contributed by atoms with van der Waals surface area (Å²) in [5.41, 5.74) is 0.391. The predicted molar refractivity (Wildman–Crippen MR) is 113 cm³/mol. The van der Waals surface area contributed by atoms with Crippen molar-refractivity contribution in [2.75, 3.05) is 13.1 Å². The third-order valence-electron chi connectivity index (χ3n) is 5.01. The van der Waals surface area contributed by atoms with Crippen molar-refractivity contribution in [1.82, 2.24) is 9.62 Å². The average Bonchev–Trinajstić information content (AvgIpc) is 3.53. The molecule has 158 valence electrons. The maximum Gasteiger partial charge on any atom is 0.251 e. The number of carbonyl (C=O) groups excluding carboxylic acids is 1. The monoisotopic (exact) mass is 446 g/mol. The number of rotatable bonds is 7. The summed E-state index contributed by atoms with van der Waals surface area (Å²) in [5, 5.41) is 13.1. The molecule has 0 radical (unpaired) electrons. The van der Waals surface area contributed by atoms with Crippen molar-refractivity contribution in [2.45, 2.75) is 30.4 Å². The van der Waals surface area contributed by atoms with Crippen molar-refractivity contribution in [3.05, 3.63) is 75.9 Å². The minimum Gasteiger partial charge on any atom is -0.466 e. The molecule has 1 saturated heterocycles. The number of nitrogens with one attached hydrogen (secondary N) is 1. The maximum absolute atomic E-state index is 12.6. The first-order valence-electron chi connectivity index (χ1n) is 9.63. The lowest BCUT2D eigenvalue weighted by Gasteiger charge is -2.15. The van der Waals surface area contributed by atoms with Gasteiger partial charge in [-0.1, -0.05) is 0 Å². The van der Waals surface area contributed by atoms with Crippen LogP contribution in [0.4, 0.5) is 0 Å². The minimum atomic E-state index is -3.49. The van der Waals surface area contributed by atoms with Crippen LogP contribution < -0.4 is 5.32 Å². The van der Waals surface area contributed by atoms with Crippen LogP contribution in [0.3, 0.4) is 0 Å². The molecule has 1 fully saturated rings. The lowest BCUT2D eigenvalue weighted by atomic mass is 10.2. The van der Waals surface area contributed by atoms with Crippen LogP contribution in [0.25, 0.3) is 0 Å². The van der Waals surface area contributed by atoms with Gasteiger partial charge in [0.15, 0.2) is 0 Å². The van der Waals surface area contributed by atoms with Gasteiger partial charge in [0, 0.05) is 28.4 Å². The summed E-state index contributed by atoms with van der Waals surface area (Å²) in [4.78, 5) is 14.3. The molecule has 0 bridgehead atoms. The van der Waals surface area contributed by atoms with Crippen LogP contribution in [-0.4, -0.2) is 36.8 Å². The minimum absolute atomic E-state index is 0.204. The number of aliphatic hydroxyl groups excluding tert-OH is 1. The number of aliphatic hydroxyl groups is 1. The quantitative estimate of drug-likeness (QED) is 0.581. The molecule has 2 aromatic heterocycles. The molecular weight excluding hydrogens is 424 g/mol. The van der Waals surface area contributed by atoms with Crippen molar-refractivity contribution in [2.24, 2.45) is 0 Å². The van der Waals surface area contributed by atoms with Crippen molar-refractivity contribution in [1.29, 1.82) is 0 Å². The van der Waals surface area contributed by atoms with Crippen LogP contribution in [0.15, 0.2) is 64.1 Å². The zero-order valence-electron chi connectivity index (χ0n) is 16.2. The van der Waals surface area contributed by atoms with Crippen molar-refractivity contribution in [3.63, 3.8) is 0 Å². The number of thiophene rings is 1. The van der Waals surface area contributed by atoms with Gasteiger partial charge in [0.1, 0.15) is 11.9 Å². The Bertz CT molecular complexity index is 1100. The summed E-state index contributed by atoms with van der Waals surface area (Å²) in [6, 6.07) is 13.1. The van der Waals surface area contributed by atoms with Gasteiger partial charge in [0.25, 0.3) is 5.91 Å². The highest BCUT2D eigenvalue weighted by Gasteiger charge is 2.27. The first-order valence-corrected chi connectivity index (χ1v) is 11.9. The van der Waals surface area contributed by atoms with E-state index in [1.165, 1.54) is 46.2 Å². The second kappa shape index (κ2) is 8.73. The summed E-state index contributed by atoms with van der Waals surface area (Å²) in [6.45, 7) is 1.40. The number of hydrogen-bond acceptors (Lipinski definition) is 6. The molecule has 9 heteroatoms. The highest BCUT2D eigenvalue weighted by Crippen LogP contribution is 2.28. The molecule has 3 aromatic rings. The van der Waals surface area contributed by atoms with Crippen LogP contribution >= 0.6 is 11.3 Å². The summed E-state index contributed by atoms with van der Waals surface area (Å²) >= 11 is 1.39. The van der Waals surface area contributed by atoms with Gasteiger partial charge in [-0.3, -0.25) is 4.79 Å². The average molecular weight is 447 g/mol. The van der Waals surface area contributed by atoms with E-state index in [0.29, 0.717) is 31.0 Å². The van der Waals surface area contributed by atoms with Gasteiger partial charge in [-0.15, -0.1) is 11.3 Å². The smallest absolute Gasteiger partial charge is 0.251 e. The zero-order valence-corrected chi connectivity index (χ0v) is 17.8. The van der Waals surface area contributed by atoms with Gasteiger partial charge >= 0.3 is 0 Å². The molecule has 4 rings (SSSR count). The first kappa shape index (κ1) is 20.8. The fourth-order valence-electron chi connectivity index (χ4n) is 3.35. The molecule has 30 heavy (non-hydrogen) atoms. The van der Waals surface area contributed by atoms with Crippen LogP contribution in [0.1, 0.15) is 44.8 Å². The molecule has 1 aliphatic heterocycles. The Morgan fingerprint density at radius 1 is 1.13 bits per heavy atom. The van der Waals surface area contributed by atoms with Gasteiger partial charge in [-0.2, -0.15) is 4.31 Å². The van der Waals surface area contributed by atoms with E-state index in [-0.39, 0.29) is 10.8 Å². The molecule has 0 spiro atoms. The SMILES string of the molecule is O=C(NCc1ccc(C(O)c2ccco2)s1)c1ccc(S(=O)(=O)N2CCCC2)cc1. The zero-order chi connectivity index (χ0) is 21.1.